The zero-order chi connectivity index (χ0) is 10.7. The van der Waals surface area contributed by atoms with Crippen molar-refractivity contribution in [2.45, 2.75) is 17.7 Å². The maximum atomic E-state index is 11.1. The lowest BCUT2D eigenvalue weighted by Gasteiger charge is -2.11. The summed E-state index contributed by atoms with van der Waals surface area (Å²) in [5, 5.41) is 0. The summed E-state index contributed by atoms with van der Waals surface area (Å²) in [6, 6.07) is 8.01. The number of rotatable bonds is 3. The fourth-order valence-electron chi connectivity index (χ4n) is 1.06. The average molecular weight is 261 g/mol. The highest BCUT2D eigenvalue weighted by molar-refractivity contribution is 8.29. The Bertz CT molecular complexity index is 401. The van der Waals surface area contributed by atoms with Crippen molar-refractivity contribution in [3.63, 3.8) is 0 Å². The maximum absolute atomic E-state index is 11.1. The molecular weight excluding hydrogens is 249 g/mol. The van der Waals surface area contributed by atoms with Crippen molar-refractivity contribution in [3.8, 4) is 0 Å². The quantitative estimate of drug-likeness (QED) is 0.602. The predicted molar refractivity (Wildman–Crippen MR) is 71.8 cm³/mol. The van der Waals surface area contributed by atoms with Crippen LogP contribution in [0.25, 0.3) is 0 Å². The van der Waals surface area contributed by atoms with E-state index in [0.29, 0.717) is 0 Å². The molecule has 1 rings (SSSR count). The van der Waals surface area contributed by atoms with Crippen LogP contribution in [-0.2, 0) is 14.0 Å². The molecule has 1 aromatic carbocycles. The standard InChI is InChI=1S/C9H12OP3S/c1-6(9(10)11)7-2-4-8(5-3-7)14(12)13/h2-6,12-13H,11H2,1H3/q-1. The van der Waals surface area contributed by atoms with Gasteiger partial charge in [-0.2, -0.15) is 0 Å². The van der Waals surface area contributed by atoms with Crippen molar-refractivity contribution >= 4 is 40.0 Å². The smallest absolute Gasteiger partial charge is 0.155 e. The van der Waals surface area contributed by atoms with Crippen molar-refractivity contribution in [2.24, 2.45) is 0 Å². The molecule has 0 fully saturated rings. The Morgan fingerprint density at radius 1 is 1.36 bits per heavy atom. The Balaban J connectivity index is 2.99. The minimum atomic E-state index is -0.0902. The summed E-state index contributed by atoms with van der Waals surface area (Å²) in [7, 11) is 9.12. The zero-order valence-electron chi connectivity index (χ0n) is 7.78. The van der Waals surface area contributed by atoms with Crippen molar-refractivity contribution < 1.29 is 4.79 Å². The first-order valence-corrected chi connectivity index (χ1v) is 8.33. The summed E-state index contributed by atoms with van der Waals surface area (Å²) >= 11 is 0. The molecule has 76 valence electrons. The highest BCUT2D eigenvalue weighted by atomic mass is 32.7. The molecule has 0 spiro atoms. The third kappa shape index (κ3) is 3.14. The van der Waals surface area contributed by atoms with Gasteiger partial charge >= 0.3 is 0 Å². The summed E-state index contributed by atoms with van der Waals surface area (Å²) in [5.41, 5.74) is 1.17. The minimum Gasteiger partial charge on any atom is -0.401 e. The van der Waals surface area contributed by atoms with Crippen LogP contribution in [0.5, 0.6) is 0 Å². The highest BCUT2D eigenvalue weighted by Crippen LogP contribution is 2.20. The van der Waals surface area contributed by atoms with Gasteiger partial charge in [0.1, 0.15) is 0 Å². The van der Waals surface area contributed by atoms with Gasteiger partial charge in [0.15, 0.2) is 5.52 Å². The molecule has 0 amide bonds. The molecule has 0 saturated carbocycles. The van der Waals surface area contributed by atoms with Crippen molar-refractivity contribution in [3.05, 3.63) is 29.8 Å². The topological polar surface area (TPSA) is 17.1 Å². The lowest BCUT2D eigenvalue weighted by Crippen LogP contribution is -2.00. The Morgan fingerprint density at radius 3 is 2.21 bits per heavy atom. The van der Waals surface area contributed by atoms with E-state index >= 15 is 0 Å². The van der Waals surface area contributed by atoms with Crippen LogP contribution in [0, 0.1) is 0 Å². The van der Waals surface area contributed by atoms with Gasteiger partial charge in [-0.25, -0.2) is 0 Å². The second-order valence-corrected chi connectivity index (χ2v) is 8.33. The second kappa shape index (κ2) is 5.38. The Labute approximate surface area is 92.5 Å². The number of carbonyl (C=O) groups excluding carboxylic acids is 1. The molecule has 14 heavy (non-hydrogen) atoms. The van der Waals surface area contributed by atoms with Crippen LogP contribution in [0.2, 0.25) is 0 Å². The highest BCUT2D eigenvalue weighted by Gasteiger charge is 2.08. The molecule has 2 unspecified atom stereocenters. The summed E-state index contributed by atoms with van der Waals surface area (Å²) in [5.74, 6) is -0.0414. The van der Waals surface area contributed by atoms with E-state index in [-0.39, 0.29) is 20.7 Å². The Hall–Kier alpha value is 0.270. The van der Waals surface area contributed by atoms with Gasteiger partial charge in [0.25, 0.3) is 0 Å². The number of carbonyl (C=O) groups is 1. The molecule has 0 saturated heterocycles. The van der Waals surface area contributed by atoms with Crippen LogP contribution in [-0.4, -0.2) is 5.52 Å². The first-order chi connectivity index (χ1) is 6.52. The van der Waals surface area contributed by atoms with Gasteiger partial charge in [0.2, 0.25) is 0 Å². The lowest BCUT2D eigenvalue weighted by atomic mass is 10.0. The van der Waals surface area contributed by atoms with E-state index in [1.807, 2.05) is 31.2 Å². The maximum Gasteiger partial charge on any atom is 0.155 e. The zero-order valence-corrected chi connectivity index (χ0v) is 11.8. The molecule has 0 N–H and O–H groups in total. The van der Waals surface area contributed by atoms with Crippen LogP contribution < -0.4 is 0 Å². The number of benzene rings is 1. The van der Waals surface area contributed by atoms with Gasteiger partial charge in [-0.15, -0.1) is 4.90 Å². The molecule has 0 aliphatic carbocycles. The van der Waals surface area contributed by atoms with Crippen LogP contribution in [0.4, 0.5) is 0 Å². The van der Waals surface area contributed by atoms with E-state index in [4.69, 9.17) is 0 Å². The SMILES string of the molecule is CC(C(=O)P)c1ccc([S-](=P)=P)cc1. The molecule has 5 heteroatoms. The van der Waals surface area contributed by atoms with Crippen LogP contribution >= 0.6 is 25.3 Å². The molecule has 1 nitrogen and oxygen atoms in total. The normalized spacial score (nSPS) is 12.8. The monoisotopic (exact) mass is 261 g/mol. The fraction of sp³-hybridized carbons (Fsp3) is 0.222. The molecule has 0 aliphatic heterocycles. The van der Waals surface area contributed by atoms with Gasteiger partial charge in [-0.05, 0) is 5.56 Å². The van der Waals surface area contributed by atoms with E-state index in [1.54, 1.807) is 0 Å². The summed E-state index contributed by atoms with van der Waals surface area (Å²) < 4.78 is 0. The van der Waals surface area contributed by atoms with Crippen LogP contribution in [0.15, 0.2) is 29.2 Å². The van der Waals surface area contributed by atoms with Gasteiger partial charge in [-0.1, -0.05) is 40.4 Å². The predicted octanol–water partition coefficient (Wildman–Crippen LogP) is 3.28. The Kier molecular flexibility index (Phi) is 4.74. The molecule has 0 aromatic heterocycles. The van der Waals surface area contributed by atoms with E-state index in [2.05, 4.69) is 25.3 Å². The first-order valence-electron chi connectivity index (χ1n) is 4.08. The Morgan fingerprint density at radius 2 is 1.86 bits per heavy atom. The molecule has 0 heterocycles. The summed E-state index contributed by atoms with van der Waals surface area (Å²) in [6.07, 6.45) is 0. The molecule has 0 aliphatic rings. The van der Waals surface area contributed by atoms with Crippen molar-refractivity contribution in [2.75, 3.05) is 0 Å². The van der Waals surface area contributed by atoms with Gasteiger partial charge in [-0.3, -0.25) is 20.8 Å². The summed E-state index contributed by atoms with van der Waals surface area (Å²) in [4.78, 5) is 12.3. The third-order valence-electron chi connectivity index (χ3n) is 2.04. The molecule has 0 bridgehead atoms. The molecular formula is C9H12OP3S-. The number of hydrogen-bond acceptors (Lipinski definition) is 2. The molecule has 1 aromatic rings. The first kappa shape index (κ1) is 12.3. The van der Waals surface area contributed by atoms with Gasteiger partial charge < -0.3 is 9.25 Å². The number of hydrogen-bond donors (Lipinski definition) is 0. The van der Waals surface area contributed by atoms with E-state index in [0.717, 1.165) is 5.56 Å². The van der Waals surface area contributed by atoms with E-state index in [1.165, 1.54) is 4.90 Å². The van der Waals surface area contributed by atoms with Crippen molar-refractivity contribution in [1.29, 1.82) is 0 Å². The average Bonchev–Trinajstić information content (AvgIpc) is 2.16. The minimum absolute atomic E-state index is 0.0414. The molecule has 2 atom stereocenters. The second-order valence-electron chi connectivity index (χ2n) is 3.00. The van der Waals surface area contributed by atoms with Crippen molar-refractivity contribution in [1.82, 2.24) is 0 Å². The van der Waals surface area contributed by atoms with E-state index in [9.17, 15) is 4.79 Å². The fourth-order valence-corrected chi connectivity index (χ4v) is 2.47. The molecule has 0 radical (unpaired) electrons. The van der Waals surface area contributed by atoms with Gasteiger partial charge in [0.05, 0.1) is 0 Å². The van der Waals surface area contributed by atoms with E-state index < -0.39 is 0 Å². The van der Waals surface area contributed by atoms with Gasteiger partial charge in [0, 0.05) is 5.92 Å². The largest absolute Gasteiger partial charge is 0.401 e. The lowest BCUT2D eigenvalue weighted by molar-refractivity contribution is -0.112. The third-order valence-corrected chi connectivity index (χ3v) is 4.70. The summed E-state index contributed by atoms with van der Waals surface area (Å²) in [6.45, 7) is 1.91. The van der Waals surface area contributed by atoms with Crippen LogP contribution in [0.1, 0.15) is 18.4 Å². The van der Waals surface area contributed by atoms with Crippen LogP contribution in [0.3, 0.4) is 0 Å².